The van der Waals surface area contributed by atoms with Crippen LogP contribution >= 0.6 is 0 Å². The number of carbonyl (C=O) groups excluding carboxylic acids is 1. The Morgan fingerprint density at radius 2 is 1.87 bits per heavy atom. The van der Waals surface area contributed by atoms with Crippen molar-refractivity contribution in [2.75, 3.05) is 44.3 Å². The molecule has 160 valence electrons. The Labute approximate surface area is 178 Å². The van der Waals surface area contributed by atoms with Gasteiger partial charge in [0.25, 0.3) is 0 Å². The zero-order valence-electron chi connectivity index (χ0n) is 17.2. The zero-order chi connectivity index (χ0) is 20.6. The van der Waals surface area contributed by atoms with E-state index in [2.05, 4.69) is 26.3 Å². The number of anilines is 1. The fraction of sp³-hybridized carbons (Fsp3) is 0.545. The number of amides is 1. The van der Waals surface area contributed by atoms with Gasteiger partial charge in [-0.15, -0.1) is 5.10 Å². The van der Waals surface area contributed by atoms with Gasteiger partial charge in [-0.1, -0.05) is 11.2 Å². The van der Waals surface area contributed by atoms with E-state index >= 15 is 0 Å². The number of aromatic nitrogens is 4. The number of fused-ring (bicyclic) bond motifs is 1. The van der Waals surface area contributed by atoms with Gasteiger partial charge in [0.2, 0.25) is 11.8 Å². The van der Waals surface area contributed by atoms with E-state index < -0.39 is 0 Å². The second kappa shape index (κ2) is 6.29. The average Bonchev–Trinajstić information content (AvgIpc) is 3.32. The standard InChI is InChI=1S/C22H24N6O3/c29-20(22-8-14(9-22)10-22)26-3-5-27(6-4-26)21-25-24-19(31-21)15-1-2-16-11-23-28(18(16)7-15)17-12-30-13-17/h1-2,7,11,14,17H,3-6,8-10,12-13H2. The first kappa shape index (κ1) is 17.7. The monoisotopic (exact) mass is 420 g/mol. The third-order valence-corrected chi connectivity index (χ3v) is 7.56. The Kier molecular flexibility index (Phi) is 3.59. The largest absolute Gasteiger partial charge is 0.403 e. The molecule has 0 spiro atoms. The van der Waals surface area contributed by atoms with Crippen LogP contribution in [0.4, 0.5) is 6.01 Å². The predicted molar refractivity (Wildman–Crippen MR) is 111 cm³/mol. The maximum absolute atomic E-state index is 12.8. The highest BCUT2D eigenvalue weighted by atomic mass is 16.5. The van der Waals surface area contributed by atoms with Gasteiger partial charge in [-0.25, -0.2) is 0 Å². The molecule has 31 heavy (non-hydrogen) atoms. The van der Waals surface area contributed by atoms with Crippen LogP contribution in [0.3, 0.4) is 0 Å². The van der Waals surface area contributed by atoms with Crippen molar-refractivity contribution in [1.82, 2.24) is 24.9 Å². The second-order valence-electron chi connectivity index (χ2n) is 9.48. The van der Waals surface area contributed by atoms with Gasteiger partial charge in [0.1, 0.15) is 0 Å². The van der Waals surface area contributed by atoms with Crippen LogP contribution in [0.15, 0.2) is 28.8 Å². The summed E-state index contributed by atoms with van der Waals surface area (Å²) < 4.78 is 13.4. The molecule has 9 nitrogen and oxygen atoms in total. The Balaban J connectivity index is 1.07. The molecule has 2 saturated heterocycles. The molecule has 5 aliphatic rings. The van der Waals surface area contributed by atoms with Crippen molar-refractivity contribution < 1.29 is 13.9 Å². The molecular weight excluding hydrogens is 396 g/mol. The summed E-state index contributed by atoms with van der Waals surface area (Å²) in [6.07, 6.45) is 5.20. The van der Waals surface area contributed by atoms with E-state index in [9.17, 15) is 4.79 Å². The Morgan fingerprint density at radius 1 is 1.06 bits per heavy atom. The van der Waals surface area contributed by atoms with E-state index in [0.717, 1.165) is 67.8 Å². The third-order valence-electron chi connectivity index (χ3n) is 7.56. The number of ether oxygens (including phenoxy) is 1. The molecule has 0 radical (unpaired) electrons. The molecule has 2 bridgehead atoms. The number of nitrogens with zero attached hydrogens (tertiary/aromatic N) is 6. The van der Waals surface area contributed by atoms with E-state index in [1.165, 1.54) is 0 Å². The number of carbonyl (C=O) groups is 1. The number of rotatable bonds is 4. The number of hydrogen-bond donors (Lipinski definition) is 0. The van der Waals surface area contributed by atoms with Gasteiger partial charge in [-0.2, -0.15) is 5.10 Å². The van der Waals surface area contributed by atoms with Crippen molar-refractivity contribution >= 4 is 22.8 Å². The van der Waals surface area contributed by atoms with Crippen molar-refractivity contribution in [2.45, 2.75) is 25.3 Å². The summed E-state index contributed by atoms with van der Waals surface area (Å²) in [5.41, 5.74) is 1.93. The summed E-state index contributed by atoms with van der Waals surface area (Å²) in [7, 11) is 0. The van der Waals surface area contributed by atoms with Gasteiger partial charge in [0.15, 0.2) is 0 Å². The molecular formula is C22H24N6O3. The van der Waals surface area contributed by atoms with Crippen molar-refractivity contribution in [3.05, 3.63) is 24.4 Å². The number of benzene rings is 1. The minimum Gasteiger partial charge on any atom is -0.403 e. The molecule has 0 unspecified atom stereocenters. The summed E-state index contributed by atoms with van der Waals surface area (Å²) in [6.45, 7) is 4.28. The van der Waals surface area contributed by atoms with Crippen LogP contribution in [0.2, 0.25) is 0 Å². The van der Waals surface area contributed by atoms with Gasteiger partial charge in [0, 0.05) is 37.1 Å². The summed E-state index contributed by atoms with van der Waals surface area (Å²) in [5, 5.41) is 14.2. The lowest BCUT2D eigenvalue weighted by Gasteiger charge is -2.61. The van der Waals surface area contributed by atoms with Crippen molar-refractivity contribution in [3.63, 3.8) is 0 Å². The van der Waals surface area contributed by atoms with Crippen molar-refractivity contribution in [3.8, 4) is 11.5 Å². The van der Waals surface area contributed by atoms with Crippen LogP contribution in [0.1, 0.15) is 25.3 Å². The molecule has 3 aliphatic carbocycles. The summed E-state index contributed by atoms with van der Waals surface area (Å²) in [5.74, 6) is 1.69. The molecule has 8 rings (SSSR count). The Hall–Kier alpha value is -2.94. The topological polar surface area (TPSA) is 89.5 Å². The molecule has 3 aromatic rings. The molecule has 5 fully saturated rings. The van der Waals surface area contributed by atoms with Gasteiger partial charge >= 0.3 is 6.01 Å². The van der Waals surface area contributed by atoms with Gasteiger partial charge in [-0.05, 0) is 37.3 Å². The molecule has 2 aliphatic heterocycles. The number of piperazine rings is 1. The maximum atomic E-state index is 12.8. The van der Waals surface area contributed by atoms with E-state index in [4.69, 9.17) is 9.15 Å². The predicted octanol–water partition coefficient (Wildman–Crippen LogP) is 2.11. The van der Waals surface area contributed by atoms with Gasteiger partial charge < -0.3 is 19.0 Å². The average molecular weight is 420 g/mol. The maximum Gasteiger partial charge on any atom is 0.318 e. The Morgan fingerprint density at radius 3 is 2.55 bits per heavy atom. The highest BCUT2D eigenvalue weighted by Gasteiger charge is 2.62. The minimum atomic E-state index is 0.00126. The molecule has 1 amide bonds. The van der Waals surface area contributed by atoms with Crippen molar-refractivity contribution in [1.29, 1.82) is 0 Å². The molecule has 4 heterocycles. The zero-order valence-corrected chi connectivity index (χ0v) is 17.2. The van der Waals surface area contributed by atoms with Crippen molar-refractivity contribution in [2.24, 2.45) is 11.3 Å². The highest BCUT2D eigenvalue weighted by Crippen LogP contribution is 2.65. The first-order valence-corrected chi connectivity index (χ1v) is 11.1. The third kappa shape index (κ3) is 2.59. The van der Waals surface area contributed by atoms with E-state index in [1.54, 1.807) is 0 Å². The van der Waals surface area contributed by atoms with Crippen LogP contribution in [0, 0.1) is 11.3 Å². The summed E-state index contributed by atoms with van der Waals surface area (Å²) >= 11 is 0. The molecule has 0 atom stereocenters. The van der Waals surface area contributed by atoms with Crippen LogP contribution in [0.25, 0.3) is 22.4 Å². The summed E-state index contributed by atoms with van der Waals surface area (Å²) in [4.78, 5) is 16.9. The first-order valence-electron chi connectivity index (χ1n) is 11.1. The lowest BCUT2D eigenvalue weighted by molar-refractivity contribution is -0.177. The normalized spacial score (nSPS) is 27.7. The molecule has 1 aromatic carbocycles. The highest BCUT2D eigenvalue weighted by molar-refractivity contribution is 5.86. The molecule has 0 N–H and O–H groups in total. The van der Waals surface area contributed by atoms with Crippen LogP contribution in [-0.2, 0) is 9.53 Å². The summed E-state index contributed by atoms with van der Waals surface area (Å²) in [6, 6.07) is 6.89. The molecule has 2 aromatic heterocycles. The van der Waals surface area contributed by atoms with Crippen LogP contribution in [-0.4, -0.2) is 70.2 Å². The van der Waals surface area contributed by atoms with Gasteiger partial charge in [-0.3, -0.25) is 9.48 Å². The van der Waals surface area contributed by atoms with Crippen LogP contribution < -0.4 is 4.90 Å². The second-order valence-corrected chi connectivity index (χ2v) is 9.48. The fourth-order valence-corrected chi connectivity index (χ4v) is 5.46. The SMILES string of the molecule is O=C(N1CCN(c2nnc(-c3ccc4cnn(C5COC5)c4c3)o2)CC1)C12CC(C1)C2. The van der Waals surface area contributed by atoms with E-state index in [0.29, 0.717) is 31.0 Å². The smallest absolute Gasteiger partial charge is 0.318 e. The Bertz CT molecular complexity index is 1160. The van der Waals surface area contributed by atoms with Crippen LogP contribution in [0.5, 0.6) is 0 Å². The number of hydrogen-bond acceptors (Lipinski definition) is 7. The first-order chi connectivity index (χ1) is 15.2. The quantitative estimate of drug-likeness (QED) is 0.639. The fourth-order valence-electron chi connectivity index (χ4n) is 5.46. The lowest BCUT2D eigenvalue weighted by Crippen LogP contribution is -2.63. The molecule has 3 saturated carbocycles. The van der Waals surface area contributed by atoms with E-state index in [-0.39, 0.29) is 11.5 Å². The molecule has 9 heteroatoms. The lowest BCUT2D eigenvalue weighted by atomic mass is 9.44. The minimum absolute atomic E-state index is 0.00126. The van der Waals surface area contributed by atoms with Gasteiger partial charge in [0.05, 0.1) is 36.4 Å². The van der Waals surface area contributed by atoms with E-state index in [1.807, 2.05) is 27.9 Å².